The molecule has 2 N–H and O–H groups in total. The van der Waals surface area contributed by atoms with Crippen LogP contribution in [0.1, 0.15) is 51.9 Å². The van der Waals surface area contributed by atoms with Gasteiger partial charge in [0.1, 0.15) is 0 Å². The Balaban J connectivity index is 1.89. The van der Waals surface area contributed by atoms with Gasteiger partial charge in [-0.2, -0.15) is 0 Å². The standard InChI is InChI=1S/C13H23N/c1-10-3-2-4-12(9-10)11-5-7-13(14)8-6-11/h7,10-12H,2-6,8-9,14H2,1H3/t10-,11?,12?/m0/s1. The van der Waals surface area contributed by atoms with Crippen molar-refractivity contribution in [2.45, 2.75) is 51.9 Å². The molecule has 0 spiro atoms. The van der Waals surface area contributed by atoms with Crippen LogP contribution in [-0.4, -0.2) is 0 Å². The molecule has 0 aliphatic heterocycles. The number of nitrogens with two attached hydrogens (primary N) is 1. The molecule has 0 heterocycles. The molecule has 3 atom stereocenters. The summed E-state index contributed by atoms with van der Waals surface area (Å²) in [6, 6.07) is 0. The predicted molar refractivity (Wildman–Crippen MR) is 60.7 cm³/mol. The van der Waals surface area contributed by atoms with Crippen molar-refractivity contribution in [3.8, 4) is 0 Å². The van der Waals surface area contributed by atoms with Crippen LogP contribution < -0.4 is 5.73 Å². The van der Waals surface area contributed by atoms with Crippen molar-refractivity contribution in [3.05, 3.63) is 11.8 Å². The van der Waals surface area contributed by atoms with E-state index in [4.69, 9.17) is 5.73 Å². The Kier molecular flexibility index (Phi) is 3.15. The molecule has 80 valence electrons. The molecule has 0 bridgehead atoms. The molecule has 2 aliphatic rings. The highest BCUT2D eigenvalue weighted by Gasteiger charge is 2.27. The SMILES string of the molecule is C[C@H]1CCCC(C2CC=C(N)CC2)C1. The highest BCUT2D eigenvalue weighted by molar-refractivity contribution is 5.02. The lowest BCUT2D eigenvalue weighted by Crippen LogP contribution is -2.24. The molecule has 0 radical (unpaired) electrons. The van der Waals surface area contributed by atoms with Crippen LogP contribution in [0.25, 0.3) is 0 Å². The summed E-state index contributed by atoms with van der Waals surface area (Å²) in [5.74, 6) is 2.92. The van der Waals surface area contributed by atoms with Crippen molar-refractivity contribution >= 4 is 0 Å². The lowest BCUT2D eigenvalue weighted by atomic mass is 9.72. The highest BCUT2D eigenvalue weighted by Crippen LogP contribution is 2.38. The van der Waals surface area contributed by atoms with Gasteiger partial charge in [-0.1, -0.05) is 32.3 Å². The van der Waals surface area contributed by atoms with E-state index in [1.54, 1.807) is 0 Å². The van der Waals surface area contributed by atoms with E-state index in [0.29, 0.717) is 0 Å². The molecule has 0 saturated heterocycles. The molecule has 0 aromatic rings. The number of rotatable bonds is 1. The average Bonchev–Trinajstić information content (AvgIpc) is 2.19. The smallest absolute Gasteiger partial charge is 0.00401 e. The fraction of sp³-hybridized carbons (Fsp3) is 0.846. The van der Waals surface area contributed by atoms with Crippen LogP contribution in [0.2, 0.25) is 0 Å². The van der Waals surface area contributed by atoms with Crippen molar-refractivity contribution in [1.82, 2.24) is 0 Å². The molecule has 1 fully saturated rings. The fourth-order valence-corrected chi connectivity index (χ4v) is 3.21. The van der Waals surface area contributed by atoms with Crippen LogP contribution in [0.5, 0.6) is 0 Å². The van der Waals surface area contributed by atoms with Gasteiger partial charge in [-0.05, 0) is 43.4 Å². The van der Waals surface area contributed by atoms with E-state index >= 15 is 0 Å². The first-order valence-corrected chi connectivity index (χ1v) is 6.20. The fourth-order valence-electron chi connectivity index (χ4n) is 3.21. The van der Waals surface area contributed by atoms with Crippen molar-refractivity contribution in [2.24, 2.45) is 23.5 Å². The molecule has 0 aromatic heterocycles. The van der Waals surface area contributed by atoms with Gasteiger partial charge in [0.15, 0.2) is 0 Å². The largest absolute Gasteiger partial charge is 0.402 e. The Morgan fingerprint density at radius 3 is 2.71 bits per heavy atom. The molecule has 1 saturated carbocycles. The molecule has 1 heteroatoms. The lowest BCUT2D eigenvalue weighted by molar-refractivity contribution is 0.192. The van der Waals surface area contributed by atoms with Crippen molar-refractivity contribution in [3.63, 3.8) is 0 Å². The Hall–Kier alpha value is -0.460. The van der Waals surface area contributed by atoms with Gasteiger partial charge in [0, 0.05) is 5.70 Å². The Bertz CT molecular complexity index is 219. The van der Waals surface area contributed by atoms with Gasteiger partial charge in [0.2, 0.25) is 0 Å². The third kappa shape index (κ3) is 2.31. The summed E-state index contributed by atoms with van der Waals surface area (Å²) in [4.78, 5) is 0. The third-order valence-electron chi connectivity index (χ3n) is 4.13. The van der Waals surface area contributed by atoms with Gasteiger partial charge in [-0.25, -0.2) is 0 Å². The summed E-state index contributed by atoms with van der Waals surface area (Å²) in [6.45, 7) is 2.42. The number of hydrogen-bond donors (Lipinski definition) is 1. The van der Waals surface area contributed by atoms with Gasteiger partial charge in [-0.15, -0.1) is 0 Å². The Morgan fingerprint density at radius 1 is 1.21 bits per heavy atom. The first-order valence-electron chi connectivity index (χ1n) is 6.20. The normalized spacial score (nSPS) is 39.2. The zero-order valence-corrected chi connectivity index (χ0v) is 9.34. The Morgan fingerprint density at radius 2 is 2.07 bits per heavy atom. The van der Waals surface area contributed by atoms with E-state index in [0.717, 1.165) is 29.9 Å². The zero-order valence-electron chi connectivity index (χ0n) is 9.34. The second-order valence-corrected chi connectivity index (χ2v) is 5.35. The van der Waals surface area contributed by atoms with Crippen LogP contribution in [0.15, 0.2) is 11.8 Å². The van der Waals surface area contributed by atoms with E-state index in [2.05, 4.69) is 13.0 Å². The molecular weight excluding hydrogens is 170 g/mol. The van der Waals surface area contributed by atoms with Gasteiger partial charge < -0.3 is 5.73 Å². The van der Waals surface area contributed by atoms with Gasteiger partial charge >= 0.3 is 0 Å². The van der Waals surface area contributed by atoms with Crippen molar-refractivity contribution < 1.29 is 0 Å². The van der Waals surface area contributed by atoms with Gasteiger partial charge in [-0.3, -0.25) is 0 Å². The molecule has 0 aromatic carbocycles. The molecule has 1 nitrogen and oxygen atoms in total. The molecular formula is C13H23N. The molecule has 2 unspecified atom stereocenters. The minimum Gasteiger partial charge on any atom is -0.402 e. The maximum Gasteiger partial charge on any atom is 0.00401 e. The Labute approximate surface area is 87.8 Å². The van der Waals surface area contributed by atoms with E-state index in [-0.39, 0.29) is 0 Å². The van der Waals surface area contributed by atoms with E-state index < -0.39 is 0 Å². The van der Waals surface area contributed by atoms with E-state index in [1.165, 1.54) is 38.5 Å². The van der Waals surface area contributed by atoms with Crippen LogP contribution in [0.4, 0.5) is 0 Å². The maximum atomic E-state index is 5.81. The molecule has 2 rings (SSSR count). The van der Waals surface area contributed by atoms with Crippen LogP contribution in [0.3, 0.4) is 0 Å². The first-order chi connectivity index (χ1) is 6.75. The minimum atomic E-state index is 0.949. The highest BCUT2D eigenvalue weighted by atomic mass is 14.6. The summed E-state index contributed by atoms with van der Waals surface area (Å²) in [5.41, 5.74) is 6.94. The molecule has 2 aliphatic carbocycles. The number of hydrogen-bond acceptors (Lipinski definition) is 1. The quantitative estimate of drug-likeness (QED) is 0.678. The van der Waals surface area contributed by atoms with Crippen LogP contribution in [0, 0.1) is 17.8 Å². The summed E-state index contributed by atoms with van der Waals surface area (Å²) in [7, 11) is 0. The van der Waals surface area contributed by atoms with Crippen molar-refractivity contribution in [1.29, 1.82) is 0 Å². The molecule has 14 heavy (non-hydrogen) atoms. The third-order valence-corrected chi connectivity index (χ3v) is 4.13. The van der Waals surface area contributed by atoms with E-state index in [9.17, 15) is 0 Å². The summed E-state index contributed by atoms with van der Waals surface area (Å²) in [5, 5.41) is 0. The van der Waals surface area contributed by atoms with Crippen LogP contribution >= 0.6 is 0 Å². The zero-order chi connectivity index (χ0) is 9.97. The van der Waals surface area contributed by atoms with Gasteiger partial charge in [0.05, 0.1) is 0 Å². The topological polar surface area (TPSA) is 26.0 Å². The average molecular weight is 193 g/mol. The van der Waals surface area contributed by atoms with Gasteiger partial charge in [0.25, 0.3) is 0 Å². The number of allylic oxidation sites excluding steroid dienone is 2. The lowest BCUT2D eigenvalue weighted by Gasteiger charge is -2.34. The maximum absolute atomic E-state index is 5.81. The minimum absolute atomic E-state index is 0.949. The summed E-state index contributed by atoms with van der Waals surface area (Å²) >= 11 is 0. The predicted octanol–water partition coefficient (Wildman–Crippen LogP) is 3.46. The van der Waals surface area contributed by atoms with Crippen LogP contribution in [-0.2, 0) is 0 Å². The van der Waals surface area contributed by atoms with Crippen molar-refractivity contribution in [2.75, 3.05) is 0 Å². The first kappa shape index (κ1) is 10.1. The summed E-state index contributed by atoms with van der Waals surface area (Å²) in [6.07, 6.45) is 11.9. The second-order valence-electron chi connectivity index (χ2n) is 5.35. The second kappa shape index (κ2) is 4.37. The summed E-state index contributed by atoms with van der Waals surface area (Å²) < 4.78 is 0. The monoisotopic (exact) mass is 193 g/mol. The molecule has 0 amide bonds. The van der Waals surface area contributed by atoms with E-state index in [1.807, 2.05) is 0 Å².